The molecule has 0 bridgehead atoms. The summed E-state index contributed by atoms with van der Waals surface area (Å²) < 4.78 is 0. The van der Waals surface area contributed by atoms with E-state index in [0.29, 0.717) is 0 Å². The van der Waals surface area contributed by atoms with Crippen molar-refractivity contribution in [2.45, 2.75) is 25.7 Å². The monoisotopic (exact) mass is 336 g/mol. The smallest absolute Gasteiger partial charge is 1.00 e. The molecule has 0 radical (unpaired) electrons. The van der Waals surface area contributed by atoms with Crippen LogP contribution in [0.15, 0.2) is 24.3 Å². The number of allylic oxidation sites excluding steroid dienone is 4. The van der Waals surface area contributed by atoms with E-state index in [4.69, 9.17) is 0 Å². The molecule has 2 heteroatoms. The number of hydrogen-bond acceptors (Lipinski definition) is 0. The molecule has 1 aliphatic rings. The summed E-state index contributed by atoms with van der Waals surface area (Å²) in [6, 6.07) is 0. The van der Waals surface area contributed by atoms with Crippen LogP contribution >= 0.6 is 0 Å². The fraction of sp³-hybridized carbons (Fsp3) is 0.500. The molecule has 0 spiro atoms. The van der Waals surface area contributed by atoms with E-state index in [-0.39, 0.29) is 32.5 Å². The van der Waals surface area contributed by atoms with Crippen LogP contribution in [0.5, 0.6) is 0 Å². The van der Waals surface area contributed by atoms with Gasteiger partial charge < -0.3 is 12.4 Å². The first-order valence-corrected chi connectivity index (χ1v) is 3.32. The molecule has 0 fully saturated rings. The summed E-state index contributed by atoms with van der Waals surface area (Å²) in [6.07, 6.45) is 14.0. The largest absolute Gasteiger partial charge is 3.00 e. The van der Waals surface area contributed by atoms with Crippen molar-refractivity contribution in [3.8, 4) is 0 Å². The molecule has 1 aliphatic carbocycles. The molecule has 0 nitrogen and oxygen atoms in total. The zero-order valence-corrected chi connectivity index (χ0v) is 9.00. The van der Waals surface area contributed by atoms with E-state index in [1.165, 1.54) is 25.7 Å². The van der Waals surface area contributed by atoms with Gasteiger partial charge in [-0.05, 0) is 25.7 Å². The van der Waals surface area contributed by atoms with Crippen LogP contribution in [0.25, 0.3) is 0 Å². The molecule has 0 aromatic carbocycles. The van der Waals surface area contributed by atoms with Crippen LogP contribution in [-0.2, 0) is 20.1 Å². The van der Waals surface area contributed by atoms with Gasteiger partial charge in [0, 0.05) is 0 Å². The molecule has 0 amide bonds. The summed E-state index contributed by atoms with van der Waals surface area (Å²) in [7, 11) is 0. The maximum absolute atomic E-state index is 2.23. The Hall–Kier alpha value is 0.419. The van der Waals surface area contributed by atoms with Crippen molar-refractivity contribution in [1.29, 1.82) is 0 Å². The Morgan fingerprint density at radius 1 is 0.800 bits per heavy atom. The van der Waals surface area contributed by atoms with Crippen LogP contribution in [0.4, 0.5) is 0 Å². The Kier molecular flexibility index (Phi) is 12.3. The van der Waals surface area contributed by atoms with Crippen molar-refractivity contribution in [1.82, 2.24) is 0 Å². The van der Waals surface area contributed by atoms with Gasteiger partial charge in [-0.2, -0.15) is 0 Å². The second-order valence-electron chi connectivity index (χ2n) is 2.14. The van der Waals surface area contributed by atoms with Gasteiger partial charge in [0.2, 0.25) is 0 Å². The number of rotatable bonds is 0. The minimum atomic E-state index is 0. The first-order valence-electron chi connectivity index (χ1n) is 3.32. The van der Waals surface area contributed by atoms with E-state index >= 15 is 0 Å². The Morgan fingerprint density at radius 2 is 1.20 bits per heavy atom. The minimum absolute atomic E-state index is 0. The van der Waals surface area contributed by atoms with Crippen molar-refractivity contribution in [2.24, 2.45) is 0 Å². The molecule has 0 aromatic heterocycles. The Bertz CT molecular complexity index is 93.8. The summed E-state index contributed by atoms with van der Waals surface area (Å²) in [5, 5.41) is 0. The van der Waals surface area contributed by atoms with Crippen LogP contribution < -0.4 is 12.4 Å². The molecule has 1 rings (SSSR count). The maximum Gasteiger partial charge on any atom is 3.00 e. The van der Waals surface area contributed by atoms with Gasteiger partial charge in [0.15, 0.2) is 0 Å². The zero-order valence-electron chi connectivity index (χ0n) is 5.85. The molecule has 0 N–H and O–H groups in total. The van der Waals surface area contributed by atoms with Crippen LogP contribution in [0.2, 0.25) is 0 Å². The quantitative estimate of drug-likeness (QED) is 0.569. The van der Waals surface area contributed by atoms with Crippen molar-refractivity contribution in [3.05, 3.63) is 24.3 Å². The molecule has 58 valence electrons. The third kappa shape index (κ3) is 6.54. The van der Waals surface area contributed by atoms with Gasteiger partial charge in [-0.1, -0.05) is 24.3 Å². The van der Waals surface area contributed by atoms with E-state index in [9.17, 15) is 0 Å². The van der Waals surface area contributed by atoms with Gasteiger partial charge in [-0.3, -0.25) is 0 Å². The predicted molar refractivity (Wildman–Crippen MR) is 36.7 cm³/mol. The standard InChI is InChI=1S/C8H12.ClH.Ir/c1-2-4-6-8-7-5-3-1;;/h1-4H,5-8H2;1H;/q;;+3/p-1/b3-1-,4-2-;;. The van der Waals surface area contributed by atoms with Crippen molar-refractivity contribution >= 4 is 0 Å². The second-order valence-corrected chi connectivity index (χ2v) is 2.14. The zero-order chi connectivity index (χ0) is 5.66. The van der Waals surface area contributed by atoms with Gasteiger partial charge in [0.1, 0.15) is 0 Å². The maximum atomic E-state index is 2.23. The van der Waals surface area contributed by atoms with E-state index < -0.39 is 0 Å². The predicted octanol–water partition coefficient (Wildman–Crippen LogP) is -0.326. The topological polar surface area (TPSA) is 0 Å². The Labute approximate surface area is 82.5 Å². The van der Waals surface area contributed by atoms with E-state index in [1.54, 1.807) is 0 Å². The first-order chi connectivity index (χ1) is 4.00. The molecule has 0 aliphatic heterocycles. The van der Waals surface area contributed by atoms with E-state index in [2.05, 4.69) is 24.3 Å². The Morgan fingerprint density at radius 3 is 1.60 bits per heavy atom. The number of halogens is 1. The molecular weight excluding hydrogens is 324 g/mol. The SMILES string of the molecule is C1=C\CCCC\C=C/1.[Cl-].[Ir+3]. The van der Waals surface area contributed by atoms with Gasteiger partial charge >= 0.3 is 20.1 Å². The van der Waals surface area contributed by atoms with Gasteiger partial charge in [0.05, 0.1) is 0 Å². The summed E-state index contributed by atoms with van der Waals surface area (Å²) in [5.41, 5.74) is 0. The van der Waals surface area contributed by atoms with Crippen molar-refractivity contribution in [3.63, 3.8) is 0 Å². The van der Waals surface area contributed by atoms with Crippen molar-refractivity contribution in [2.75, 3.05) is 0 Å². The van der Waals surface area contributed by atoms with Crippen LogP contribution in [0.1, 0.15) is 25.7 Å². The normalized spacial score (nSPS) is 22.4. The van der Waals surface area contributed by atoms with Crippen LogP contribution in [0.3, 0.4) is 0 Å². The van der Waals surface area contributed by atoms with Crippen molar-refractivity contribution < 1.29 is 32.5 Å². The Balaban J connectivity index is 0. The average Bonchev–Trinajstić information content (AvgIpc) is 1.62. The summed E-state index contributed by atoms with van der Waals surface area (Å²) in [5.74, 6) is 0. The first kappa shape index (κ1) is 13.0. The third-order valence-electron chi connectivity index (χ3n) is 1.37. The molecule has 0 atom stereocenters. The summed E-state index contributed by atoms with van der Waals surface area (Å²) >= 11 is 0. The van der Waals surface area contributed by atoms with Gasteiger partial charge in [-0.15, -0.1) is 0 Å². The second kappa shape index (κ2) is 9.42. The number of hydrogen-bond donors (Lipinski definition) is 0. The molecule has 10 heavy (non-hydrogen) atoms. The van der Waals surface area contributed by atoms with Crippen LogP contribution in [-0.4, -0.2) is 0 Å². The van der Waals surface area contributed by atoms with Gasteiger partial charge in [-0.25, -0.2) is 0 Å². The summed E-state index contributed by atoms with van der Waals surface area (Å²) in [4.78, 5) is 0. The van der Waals surface area contributed by atoms with E-state index in [0.717, 1.165) is 0 Å². The van der Waals surface area contributed by atoms with Crippen LogP contribution in [0, 0.1) is 0 Å². The fourth-order valence-electron chi connectivity index (χ4n) is 0.874. The molecule has 0 unspecified atom stereocenters. The average molecular weight is 336 g/mol. The molecule has 0 heterocycles. The van der Waals surface area contributed by atoms with Gasteiger partial charge in [0.25, 0.3) is 0 Å². The molecule has 0 aromatic rings. The molecular formula is C8H12ClIr+2. The minimum Gasteiger partial charge on any atom is -1.00 e. The fourth-order valence-corrected chi connectivity index (χ4v) is 0.874. The van der Waals surface area contributed by atoms with E-state index in [1.807, 2.05) is 0 Å². The molecule has 0 saturated heterocycles. The summed E-state index contributed by atoms with van der Waals surface area (Å²) in [6.45, 7) is 0. The molecule has 0 saturated carbocycles. The third-order valence-corrected chi connectivity index (χ3v) is 1.37.